The van der Waals surface area contributed by atoms with Gasteiger partial charge in [-0.25, -0.2) is 0 Å². The van der Waals surface area contributed by atoms with Crippen molar-refractivity contribution >= 4 is 5.69 Å². The Balaban J connectivity index is 1.73. The van der Waals surface area contributed by atoms with Crippen LogP contribution in [0.4, 0.5) is 5.69 Å². The molecule has 0 radical (unpaired) electrons. The lowest BCUT2D eigenvalue weighted by atomic mass is 10.2. The van der Waals surface area contributed by atoms with Crippen molar-refractivity contribution in [3.8, 4) is 5.75 Å². The zero-order valence-corrected chi connectivity index (χ0v) is 12.0. The van der Waals surface area contributed by atoms with Gasteiger partial charge in [-0.2, -0.15) is 0 Å². The van der Waals surface area contributed by atoms with E-state index in [9.17, 15) is 10.1 Å². The van der Waals surface area contributed by atoms with Gasteiger partial charge in [-0.3, -0.25) is 10.1 Å². The first-order chi connectivity index (χ1) is 10.1. The van der Waals surface area contributed by atoms with Crippen molar-refractivity contribution in [3.63, 3.8) is 0 Å². The summed E-state index contributed by atoms with van der Waals surface area (Å²) in [4.78, 5) is 10.1. The number of nitro groups is 1. The highest BCUT2D eigenvalue weighted by molar-refractivity contribution is 5.35. The highest BCUT2D eigenvalue weighted by atomic mass is 16.6. The number of hydrogen-bond donors (Lipinski definition) is 1. The van der Waals surface area contributed by atoms with Crippen LogP contribution >= 0.6 is 0 Å². The number of rotatable bonds is 7. The molecule has 0 aliphatic heterocycles. The molecule has 0 aliphatic carbocycles. The molecule has 0 saturated carbocycles. The van der Waals surface area contributed by atoms with Crippen molar-refractivity contribution in [2.45, 2.75) is 19.9 Å². The van der Waals surface area contributed by atoms with E-state index < -0.39 is 4.92 Å². The smallest absolute Gasteiger partial charge is 0.269 e. The summed E-state index contributed by atoms with van der Waals surface area (Å²) in [6, 6.07) is 10.0. The zero-order valence-electron chi connectivity index (χ0n) is 12.0. The van der Waals surface area contributed by atoms with E-state index >= 15 is 0 Å². The van der Waals surface area contributed by atoms with Gasteiger partial charge in [0.15, 0.2) is 0 Å². The normalized spacial score (nSPS) is 12.1. The molecule has 0 bridgehead atoms. The number of nitro benzene ring substituents is 1. The summed E-state index contributed by atoms with van der Waals surface area (Å²) >= 11 is 0. The molecule has 1 aromatic heterocycles. The monoisotopic (exact) mass is 290 g/mol. The maximum Gasteiger partial charge on any atom is 0.269 e. The first-order valence-electron chi connectivity index (χ1n) is 6.73. The molecule has 1 atom stereocenters. The van der Waals surface area contributed by atoms with Crippen molar-refractivity contribution in [1.82, 2.24) is 5.32 Å². The molecular formula is C15H18N2O4. The van der Waals surface area contributed by atoms with Crippen LogP contribution in [-0.4, -0.2) is 18.1 Å². The quantitative estimate of drug-likeness (QED) is 0.481. The fourth-order valence-corrected chi connectivity index (χ4v) is 1.90. The van der Waals surface area contributed by atoms with Crippen molar-refractivity contribution in [1.29, 1.82) is 0 Å². The minimum Gasteiger partial charge on any atom is -0.492 e. The fourth-order valence-electron chi connectivity index (χ4n) is 1.90. The van der Waals surface area contributed by atoms with E-state index in [1.54, 1.807) is 12.1 Å². The Bertz CT molecular complexity index is 592. The summed E-state index contributed by atoms with van der Waals surface area (Å²) in [5, 5.41) is 13.8. The predicted molar refractivity (Wildman–Crippen MR) is 78.5 cm³/mol. The van der Waals surface area contributed by atoms with E-state index in [2.05, 4.69) is 5.32 Å². The molecule has 1 aromatic carbocycles. The Kier molecular flexibility index (Phi) is 4.94. The third-order valence-corrected chi connectivity index (χ3v) is 3.06. The molecule has 6 nitrogen and oxygen atoms in total. The molecule has 0 aliphatic rings. The Morgan fingerprint density at radius 2 is 2.00 bits per heavy atom. The van der Waals surface area contributed by atoms with Crippen LogP contribution in [-0.2, 0) is 0 Å². The zero-order chi connectivity index (χ0) is 15.2. The van der Waals surface area contributed by atoms with E-state index in [0.717, 1.165) is 11.5 Å². The highest BCUT2D eigenvalue weighted by Gasteiger charge is 2.08. The average Bonchev–Trinajstić information content (AvgIpc) is 2.90. The Morgan fingerprint density at radius 1 is 1.29 bits per heavy atom. The maximum atomic E-state index is 10.5. The van der Waals surface area contributed by atoms with Crippen LogP contribution in [0.5, 0.6) is 5.75 Å². The van der Waals surface area contributed by atoms with Gasteiger partial charge in [0.1, 0.15) is 23.9 Å². The fraction of sp³-hybridized carbons (Fsp3) is 0.333. The molecule has 112 valence electrons. The SMILES string of the molecule is Cc1ccc(C(C)NCCOc2ccc([N+](=O)[O-])cc2)o1. The van der Waals surface area contributed by atoms with E-state index in [4.69, 9.17) is 9.15 Å². The molecule has 0 amide bonds. The number of non-ortho nitro benzene ring substituents is 1. The van der Waals surface area contributed by atoms with E-state index in [1.807, 2.05) is 26.0 Å². The molecule has 1 N–H and O–H groups in total. The summed E-state index contributed by atoms with van der Waals surface area (Å²) < 4.78 is 11.0. The van der Waals surface area contributed by atoms with Crippen LogP contribution in [0.3, 0.4) is 0 Å². The summed E-state index contributed by atoms with van der Waals surface area (Å²) in [5.74, 6) is 2.40. The van der Waals surface area contributed by atoms with Crippen LogP contribution in [0, 0.1) is 17.0 Å². The van der Waals surface area contributed by atoms with Crippen molar-refractivity contribution < 1.29 is 14.1 Å². The van der Waals surface area contributed by atoms with Gasteiger partial charge in [-0.15, -0.1) is 0 Å². The van der Waals surface area contributed by atoms with Gasteiger partial charge in [0.25, 0.3) is 5.69 Å². The lowest BCUT2D eigenvalue weighted by Crippen LogP contribution is -2.24. The maximum absolute atomic E-state index is 10.5. The van der Waals surface area contributed by atoms with E-state index in [0.29, 0.717) is 18.9 Å². The highest BCUT2D eigenvalue weighted by Crippen LogP contribution is 2.17. The van der Waals surface area contributed by atoms with E-state index in [-0.39, 0.29) is 11.7 Å². The predicted octanol–water partition coefficient (Wildman–Crippen LogP) is 3.23. The average molecular weight is 290 g/mol. The second-order valence-electron chi connectivity index (χ2n) is 4.72. The number of nitrogens with zero attached hydrogens (tertiary/aromatic N) is 1. The first kappa shape index (κ1) is 15.1. The summed E-state index contributed by atoms with van der Waals surface area (Å²) in [6.07, 6.45) is 0. The molecule has 21 heavy (non-hydrogen) atoms. The molecule has 0 saturated heterocycles. The van der Waals surface area contributed by atoms with Gasteiger partial charge in [0, 0.05) is 18.7 Å². The Hall–Kier alpha value is -2.34. The van der Waals surface area contributed by atoms with Crippen molar-refractivity contribution in [2.24, 2.45) is 0 Å². The molecule has 0 spiro atoms. The Labute approximate surface area is 122 Å². The first-order valence-corrected chi connectivity index (χ1v) is 6.73. The van der Waals surface area contributed by atoms with Gasteiger partial charge in [0.05, 0.1) is 11.0 Å². The van der Waals surface area contributed by atoms with Gasteiger partial charge < -0.3 is 14.5 Å². The largest absolute Gasteiger partial charge is 0.492 e. The Morgan fingerprint density at radius 3 is 2.57 bits per heavy atom. The molecule has 6 heteroatoms. The van der Waals surface area contributed by atoms with Gasteiger partial charge in [0.2, 0.25) is 0 Å². The van der Waals surface area contributed by atoms with Gasteiger partial charge >= 0.3 is 0 Å². The number of hydrogen-bond acceptors (Lipinski definition) is 5. The van der Waals surface area contributed by atoms with Crippen LogP contribution < -0.4 is 10.1 Å². The number of aryl methyl sites for hydroxylation is 1. The summed E-state index contributed by atoms with van der Waals surface area (Å²) in [7, 11) is 0. The van der Waals surface area contributed by atoms with Crippen LogP contribution in [0.2, 0.25) is 0 Å². The number of ether oxygens (including phenoxy) is 1. The van der Waals surface area contributed by atoms with Crippen LogP contribution in [0.25, 0.3) is 0 Å². The lowest BCUT2D eigenvalue weighted by Gasteiger charge is -2.12. The number of furan rings is 1. The van der Waals surface area contributed by atoms with Crippen molar-refractivity contribution in [2.75, 3.05) is 13.2 Å². The van der Waals surface area contributed by atoms with Gasteiger partial charge in [-0.05, 0) is 38.1 Å². The number of nitrogens with one attached hydrogen (secondary N) is 1. The second kappa shape index (κ2) is 6.90. The molecule has 0 fully saturated rings. The molecular weight excluding hydrogens is 272 g/mol. The molecule has 1 unspecified atom stereocenters. The van der Waals surface area contributed by atoms with Crippen LogP contribution in [0.15, 0.2) is 40.8 Å². The molecule has 2 aromatic rings. The third-order valence-electron chi connectivity index (χ3n) is 3.06. The van der Waals surface area contributed by atoms with Crippen LogP contribution in [0.1, 0.15) is 24.5 Å². The van der Waals surface area contributed by atoms with Crippen molar-refractivity contribution in [3.05, 3.63) is 58.0 Å². The third kappa shape index (κ3) is 4.32. The lowest BCUT2D eigenvalue weighted by molar-refractivity contribution is -0.384. The minimum absolute atomic E-state index is 0.0577. The summed E-state index contributed by atoms with van der Waals surface area (Å²) in [6.45, 7) is 5.05. The van der Waals surface area contributed by atoms with E-state index in [1.165, 1.54) is 12.1 Å². The number of benzene rings is 1. The standard InChI is InChI=1S/C15H18N2O4/c1-11-3-8-15(21-11)12(2)16-9-10-20-14-6-4-13(5-7-14)17(18)19/h3-8,12,16H,9-10H2,1-2H3. The molecule has 2 rings (SSSR count). The molecule has 1 heterocycles. The summed E-state index contributed by atoms with van der Waals surface area (Å²) in [5.41, 5.74) is 0.0577. The second-order valence-corrected chi connectivity index (χ2v) is 4.72. The topological polar surface area (TPSA) is 77.5 Å². The van der Waals surface area contributed by atoms with Gasteiger partial charge in [-0.1, -0.05) is 0 Å². The minimum atomic E-state index is -0.432.